The van der Waals surface area contributed by atoms with Crippen LogP contribution in [0, 0.1) is 5.92 Å². The fourth-order valence-electron chi connectivity index (χ4n) is 5.40. The topological polar surface area (TPSA) is 82.6 Å². The molecule has 41 heavy (non-hydrogen) atoms. The van der Waals surface area contributed by atoms with Crippen molar-refractivity contribution >= 4 is 29.1 Å². The number of carbonyl (C=O) groups is 3. The van der Waals surface area contributed by atoms with Gasteiger partial charge in [0, 0.05) is 25.2 Å². The Labute approximate surface area is 241 Å². The van der Waals surface area contributed by atoms with E-state index in [2.05, 4.69) is 16.9 Å². The van der Waals surface area contributed by atoms with Gasteiger partial charge < -0.3 is 15.1 Å². The molecule has 0 saturated carbocycles. The highest BCUT2D eigenvalue weighted by molar-refractivity contribution is 7.13. The maximum Gasteiger partial charge on any atom is 0.434 e. The zero-order chi connectivity index (χ0) is 29.9. The molecule has 0 spiro atoms. The first kappa shape index (κ1) is 30.2. The molecule has 0 bridgehead atoms. The molecule has 2 aliphatic heterocycles. The molecule has 3 amide bonds. The molecular weight excluding hydrogens is 553 g/mol. The van der Waals surface area contributed by atoms with Crippen LogP contribution in [0.5, 0.6) is 0 Å². The van der Waals surface area contributed by atoms with Crippen LogP contribution in [-0.4, -0.2) is 57.7 Å². The Bertz CT molecular complexity index is 1380. The predicted octanol–water partition coefficient (Wildman–Crippen LogP) is 5.36. The second-order valence-corrected chi connectivity index (χ2v) is 11.3. The Morgan fingerprint density at radius 3 is 2.56 bits per heavy atom. The van der Waals surface area contributed by atoms with Crippen LogP contribution in [0.4, 0.5) is 13.2 Å². The summed E-state index contributed by atoms with van der Waals surface area (Å²) < 4.78 is 39.6. The third-order valence-electron chi connectivity index (χ3n) is 7.33. The van der Waals surface area contributed by atoms with Gasteiger partial charge in [0.05, 0.1) is 10.4 Å². The first-order valence-electron chi connectivity index (χ1n) is 13.4. The maximum atomic E-state index is 13.8. The molecule has 1 aromatic heterocycles. The fourth-order valence-corrected chi connectivity index (χ4v) is 6.22. The SMILES string of the molecule is C=CC1=C(/C=C\C)CN(C(C(=O)N2CCC[C@H]2C(=O)NCc2ccc(-c3scnc3C(F)(F)F)cc2)C(C)C)C1=O. The molecule has 2 aromatic rings. The van der Waals surface area contributed by atoms with Gasteiger partial charge in [-0.05, 0) is 42.4 Å². The van der Waals surface area contributed by atoms with E-state index >= 15 is 0 Å². The van der Waals surface area contributed by atoms with Gasteiger partial charge in [0.15, 0.2) is 5.69 Å². The van der Waals surface area contributed by atoms with Crippen LogP contribution >= 0.6 is 11.3 Å². The molecule has 1 unspecified atom stereocenters. The Morgan fingerprint density at radius 2 is 1.95 bits per heavy atom. The second kappa shape index (κ2) is 12.4. The summed E-state index contributed by atoms with van der Waals surface area (Å²) in [6.07, 6.45) is 1.83. The number of aromatic nitrogens is 1. The lowest BCUT2D eigenvalue weighted by Gasteiger charge is -2.35. The summed E-state index contributed by atoms with van der Waals surface area (Å²) in [7, 11) is 0. The molecule has 0 aliphatic carbocycles. The summed E-state index contributed by atoms with van der Waals surface area (Å²) in [6, 6.07) is 5.07. The second-order valence-electron chi connectivity index (χ2n) is 10.4. The van der Waals surface area contributed by atoms with Crippen LogP contribution in [0.2, 0.25) is 0 Å². The smallest absolute Gasteiger partial charge is 0.350 e. The predicted molar refractivity (Wildman–Crippen MR) is 152 cm³/mol. The molecule has 1 saturated heterocycles. The highest BCUT2D eigenvalue weighted by Gasteiger charge is 2.44. The van der Waals surface area contributed by atoms with Crippen LogP contribution in [0.3, 0.4) is 0 Å². The quantitative estimate of drug-likeness (QED) is 0.429. The van der Waals surface area contributed by atoms with E-state index in [9.17, 15) is 27.6 Å². The third kappa shape index (κ3) is 6.29. The first-order chi connectivity index (χ1) is 19.5. The number of hydrogen-bond acceptors (Lipinski definition) is 5. The minimum Gasteiger partial charge on any atom is -0.350 e. The maximum absolute atomic E-state index is 13.8. The Hall–Kier alpha value is -3.73. The number of hydrogen-bond donors (Lipinski definition) is 1. The zero-order valence-corrected chi connectivity index (χ0v) is 24.0. The first-order valence-corrected chi connectivity index (χ1v) is 14.3. The van der Waals surface area contributed by atoms with Crippen molar-refractivity contribution in [2.45, 2.75) is 58.4 Å². The number of alkyl halides is 3. The molecule has 1 aromatic carbocycles. The molecule has 11 heteroatoms. The highest BCUT2D eigenvalue weighted by atomic mass is 32.1. The van der Waals surface area contributed by atoms with Crippen molar-refractivity contribution in [2.75, 3.05) is 13.1 Å². The van der Waals surface area contributed by atoms with Gasteiger partial charge in [-0.25, -0.2) is 4.98 Å². The van der Waals surface area contributed by atoms with Gasteiger partial charge in [-0.3, -0.25) is 14.4 Å². The minimum absolute atomic E-state index is 0.0395. The molecule has 7 nitrogen and oxygen atoms in total. The van der Waals surface area contributed by atoms with Crippen molar-refractivity contribution in [3.05, 3.63) is 77.0 Å². The van der Waals surface area contributed by atoms with Crippen molar-refractivity contribution in [2.24, 2.45) is 5.92 Å². The molecule has 3 heterocycles. The van der Waals surface area contributed by atoms with Crippen molar-refractivity contribution < 1.29 is 27.6 Å². The fraction of sp³-hybridized carbons (Fsp3) is 0.400. The van der Waals surface area contributed by atoms with Gasteiger partial charge in [-0.15, -0.1) is 11.3 Å². The monoisotopic (exact) mass is 586 g/mol. The molecular formula is C30H33F3N4O3S. The van der Waals surface area contributed by atoms with Gasteiger partial charge in [-0.1, -0.05) is 62.9 Å². The standard InChI is InChI=1S/C30H33F3N4O3S/c1-5-8-21-16-37(28(39)22(21)6-2)24(18(3)4)29(40)36-14-7-9-23(36)27(38)34-15-19-10-12-20(13-11-19)25-26(30(31,32)33)35-17-41-25/h5-6,8,10-13,17-18,23-24H,2,7,9,14-16H2,1,3-4H3,(H,34,38)/b8-5-/t23-,24?/m0/s1. The van der Waals surface area contributed by atoms with Gasteiger partial charge >= 0.3 is 6.18 Å². The average Bonchev–Trinajstić information content (AvgIpc) is 3.67. The van der Waals surface area contributed by atoms with Gasteiger partial charge in [0.25, 0.3) is 5.91 Å². The van der Waals surface area contributed by atoms with Crippen LogP contribution in [0.15, 0.2) is 65.7 Å². The Morgan fingerprint density at radius 1 is 1.24 bits per heavy atom. The van der Waals surface area contributed by atoms with Crippen LogP contribution in [0.1, 0.15) is 44.9 Å². The summed E-state index contributed by atoms with van der Waals surface area (Å²) in [5, 5.41) is 2.87. The molecule has 1 N–H and O–H groups in total. The van der Waals surface area contributed by atoms with E-state index in [0.29, 0.717) is 42.6 Å². The summed E-state index contributed by atoms with van der Waals surface area (Å²) in [5.74, 6) is -0.992. The molecule has 1 fully saturated rings. The van der Waals surface area contributed by atoms with Crippen LogP contribution in [-0.2, 0) is 27.1 Å². The van der Waals surface area contributed by atoms with E-state index < -0.39 is 24.0 Å². The van der Waals surface area contributed by atoms with E-state index in [-0.39, 0.29) is 35.1 Å². The van der Waals surface area contributed by atoms with E-state index in [1.54, 1.807) is 34.1 Å². The van der Waals surface area contributed by atoms with E-state index in [1.807, 2.05) is 32.9 Å². The van der Waals surface area contributed by atoms with Gasteiger partial charge in [0.1, 0.15) is 12.1 Å². The number of benzene rings is 1. The van der Waals surface area contributed by atoms with E-state index in [4.69, 9.17) is 0 Å². The number of halogens is 3. The lowest BCUT2D eigenvalue weighted by molar-refractivity contribution is -0.147. The molecule has 218 valence electrons. The Kier molecular flexibility index (Phi) is 9.16. The molecule has 2 aliphatic rings. The summed E-state index contributed by atoms with van der Waals surface area (Å²) in [4.78, 5) is 46.8. The number of thiazole rings is 1. The minimum atomic E-state index is -4.54. The number of carbonyl (C=O) groups excluding carboxylic acids is 3. The molecule has 0 radical (unpaired) electrons. The third-order valence-corrected chi connectivity index (χ3v) is 8.20. The number of amides is 3. The summed E-state index contributed by atoms with van der Waals surface area (Å²) in [6.45, 7) is 10.3. The van der Waals surface area contributed by atoms with E-state index in [1.165, 1.54) is 11.6 Å². The number of nitrogens with one attached hydrogen (secondary N) is 1. The number of rotatable bonds is 9. The van der Waals surface area contributed by atoms with Gasteiger partial charge in [0.2, 0.25) is 11.8 Å². The van der Waals surface area contributed by atoms with Crippen molar-refractivity contribution in [1.29, 1.82) is 0 Å². The lowest BCUT2D eigenvalue weighted by atomic mass is 10.00. The van der Waals surface area contributed by atoms with Gasteiger partial charge in [-0.2, -0.15) is 13.2 Å². The number of nitrogens with zero attached hydrogens (tertiary/aromatic N) is 3. The molecule has 4 rings (SSSR count). The largest absolute Gasteiger partial charge is 0.434 e. The normalized spacial score (nSPS) is 18.6. The van der Waals surface area contributed by atoms with Crippen molar-refractivity contribution in [3.63, 3.8) is 0 Å². The summed E-state index contributed by atoms with van der Waals surface area (Å²) >= 11 is 0.917. The lowest BCUT2D eigenvalue weighted by Crippen LogP contribution is -2.55. The van der Waals surface area contributed by atoms with Crippen molar-refractivity contribution in [1.82, 2.24) is 20.1 Å². The highest BCUT2D eigenvalue weighted by Crippen LogP contribution is 2.38. The summed E-state index contributed by atoms with van der Waals surface area (Å²) in [5.41, 5.74) is 2.63. The Balaban J connectivity index is 1.43. The number of likely N-dealkylation sites (tertiary alicyclic amines) is 1. The zero-order valence-electron chi connectivity index (χ0n) is 23.2. The van der Waals surface area contributed by atoms with E-state index in [0.717, 1.165) is 16.9 Å². The van der Waals surface area contributed by atoms with Crippen LogP contribution in [0.25, 0.3) is 10.4 Å². The molecule has 2 atom stereocenters. The van der Waals surface area contributed by atoms with Crippen LogP contribution < -0.4 is 5.32 Å². The number of allylic oxidation sites excluding steroid dienone is 1. The van der Waals surface area contributed by atoms with Crippen molar-refractivity contribution in [3.8, 4) is 10.4 Å². The average molecular weight is 587 g/mol.